The molecule has 8 heteroatoms. The Labute approximate surface area is 208 Å². The van der Waals surface area contributed by atoms with Crippen molar-refractivity contribution in [3.8, 4) is 0 Å². The molecule has 0 unspecified atom stereocenters. The molecule has 7 nitrogen and oxygen atoms in total. The minimum Gasteiger partial charge on any atom is -0.438 e. The largest absolute Gasteiger partial charge is 0.508 e. The van der Waals surface area contributed by atoms with Crippen molar-refractivity contribution >= 4 is 21.9 Å². The van der Waals surface area contributed by atoms with E-state index in [-0.39, 0.29) is 24.1 Å². The number of ether oxygens (including phenoxy) is 2. The summed E-state index contributed by atoms with van der Waals surface area (Å²) < 4.78 is 35.4. The first-order chi connectivity index (χ1) is 16.7. The maximum Gasteiger partial charge on any atom is 0.508 e. The first kappa shape index (κ1) is 28.1. The molecule has 0 saturated heterocycles. The molecule has 1 amide bonds. The lowest BCUT2D eigenvalue weighted by molar-refractivity contribution is -0.130. The lowest BCUT2D eigenvalue weighted by atomic mass is 10.1. The van der Waals surface area contributed by atoms with Gasteiger partial charge in [-0.3, -0.25) is 4.79 Å². The Morgan fingerprint density at radius 1 is 1.00 bits per heavy atom. The van der Waals surface area contributed by atoms with Gasteiger partial charge in [-0.25, -0.2) is 13.2 Å². The molecular formula is C27H35NO6S. The Kier molecular flexibility index (Phi) is 11.0. The van der Waals surface area contributed by atoms with Crippen LogP contribution in [0.5, 0.6) is 0 Å². The molecule has 0 aliphatic carbocycles. The summed E-state index contributed by atoms with van der Waals surface area (Å²) in [6.07, 6.45) is 5.06. The summed E-state index contributed by atoms with van der Waals surface area (Å²) in [7, 11) is -2.59. The predicted molar refractivity (Wildman–Crippen MR) is 136 cm³/mol. The molecule has 0 bridgehead atoms. The summed E-state index contributed by atoms with van der Waals surface area (Å²) in [5.41, 5.74) is 2.93. The number of carbonyl (C=O) groups is 2. The van der Waals surface area contributed by atoms with Gasteiger partial charge in [0.2, 0.25) is 5.91 Å². The van der Waals surface area contributed by atoms with Gasteiger partial charge < -0.3 is 14.4 Å². The van der Waals surface area contributed by atoms with Gasteiger partial charge >= 0.3 is 6.16 Å². The number of rotatable bonds is 12. The molecule has 2 aromatic carbocycles. The molecule has 35 heavy (non-hydrogen) atoms. The number of benzene rings is 2. The van der Waals surface area contributed by atoms with E-state index in [4.69, 9.17) is 4.74 Å². The highest BCUT2D eigenvalue weighted by atomic mass is 32.2. The summed E-state index contributed by atoms with van der Waals surface area (Å²) in [6, 6.07) is 13.9. The van der Waals surface area contributed by atoms with E-state index in [1.54, 1.807) is 29.2 Å². The number of nitrogens with zero attached hydrogens (tertiary/aromatic N) is 1. The minimum absolute atomic E-state index is 0.0104. The number of amides is 1. The molecule has 0 fully saturated rings. The van der Waals surface area contributed by atoms with E-state index in [0.717, 1.165) is 29.5 Å². The summed E-state index contributed by atoms with van der Waals surface area (Å²) in [4.78, 5) is 26.4. The SMILES string of the molecule is CCCC[C@@H](/C=C/COC(=O)OC)N(Cc1ccc(C)cc1)C(=O)CS(=O)(=O)c1ccc(C)cc1. The van der Waals surface area contributed by atoms with E-state index in [1.807, 2.05) is 38.1 Å². The molecule has 0 N–H and O–H groups in total. The molecule has 0 heterocycles. The maximum atomic E-state index is 13.5. The molecule has 0 aromatic heterocycles. The summed E-state index contributed by atoms with van der Waals surface area (Å²) >= 11 is 0. The number of carbonyl (C=O) groups excluding carboxylic acids is 2. The zero-order valence-electron chi connectivity index (χ0n) is 20.9. The third-order valence-corrected chi connectivity index (χ3v) is 7.18. The van der Waals surface area contributed by atoms with Gasteiger partial charge in [0, 0.05) is 6.54 Å². The van der Waals surface area contributed by atoms with E-state index >= 15 is 0 Å². The first-order valence-corrected chi connectivity index (χ1v) is 13.3. The predicted octanol–water partition coefficient (Wildman–Crippen LogP) is 5.00. The second-order valence-corrected chi connectivity index (χ2v) is 10.5. The number of unbranched alkanes of at least 4 members (excludes halogenated alkanes) is 1. The van der Waals surface area contributed by atoms with Crippen LogP contribution in [0.15, 0.2) is 65.6 Å². The zero-order chi connectivity index (χ0) is 25.8. The van der Waals surface area contributed by atoms with Crippen LogP contribution in [0.4, 0.5) is 4.79 Å². The van der Waals surface area contributed by atoms with Crippen LogP contribution in [0.3, 0.4) is 0 Å². The van der Waals surface area contributed by atoms with Crippen LogP contribution in [-0.2, 0) is 30.7 Å². The number of methoxy groups -OCH3 is 1. The van der Waals surface area contributed by atoms with Crippen molar-refractivity contribution < 1.29 is 27.5 Å². The van der Waals surface area contributed by atoms with Crippen LogP contribution < -0.4 is 0 Å². The van der Waals surface area contributed by atoms with E-state index in [1.165, 1.54) is 19.2 Å². The summed E-state index contributed by atoms with van der Waals surface area (Å²) in [5.74, 6) is -1.11. The second-order valence-electron chi connectivity index (χ2n) is 8.48. The van der Waals surface area contributed by atoms with Crippen molar-refractivity contribution in [2.75, 3.05) is 19.5 Å². The molecule has 0 aliphatic heterocycles. The monoisotopic (exact) mass is 501 g/mol. The lowest BCUT2D eigenvalue weighted by Gasteiger charge is -2.30. The van der Waals surface area contributed by atoms with Gasteiger partial charge in [-0.05, 0) is 44.0 Å². The molecule has 2 aromatic rings. The highest BCUT2D eigenvalue weighted by Gasteiger charge is 2.27. The molecule has 0 spiro atoms. The highest BCUT2D eigenvalue weighted by Crippen LogP contribution is 2.19. The van der Waals surface area contributed by atoms with Crippen molar-refractivity contribution in [3.63, 3.8) is 0 Å². The Morgan fingerprint density at radius 3 is 2.17 bits per heavy atom. The van der Waals surface area contributed by atoms with Gasteiger partial charge in [0.05, 0.1) is 18.0 Å². The van der Waals surface area contributed by atoms with Crippen LogP contribution in [0.25, 0.3) is 0 Å². The van der Waals surface area contributed by atoms with E-state index in [0.29, 0.717) is 6.42 Å². The number of hydrogen-bond acceptors (Lipinski definition) is 6. The summed E-state index contributed by atoms with van der Waals surface area (Å²) in [6.45, 7) is 6.16. The fraction of sp³-hybridized carbons (Fsp3) is 0.407. The molecular weight excluding hydrogens is 466 g/mol. The molecule has 2 rings (SSSR count). The smallest absolute Gasteiger partial charge is 0.438 e. The maximum absolute atomic E-state index is 13.5. The number of aryl methyl sites for hydroxylation is 2. The molecule has 190 valence electrons. The molecule has 1 atom stereocenters. The standard InChI is InChI=1S/C27H35NO6S/c1-5-6-8-24(9-7-18-34-27(30)33-4)28(19-23-14-10-21(2)11-15-23)26(29)20-35(31,32)25-16-12-22(3)13-17-25/h7,9-17,24H,5-6,8,18-20H2,1-4H3/b9-7+/t24-/m0/s1. The third-order valence-electron chi connectivity index (χ3n) is 5.56. The van der Waals surface area contributed by atoms with Crippen LogP contribution >= 0.6 is 0 Å². The van der Waals surface area contributed by atoms with Crippen molar-refractivity contribution in [1.29, 1.82) is 0 Å². The van der Waals surface area contributed by atoms with E-state index in [9.17, 15) is 18.0 Å². The second kappa shape index (κ2) is 13.7. The quantitative estimate of drug-likeness (QED) is 0.300. The zero-order valence-corrected chi connectivity index (χ0v) is 21.7. The van der Waals surface area contributed by atoms with Crippen molar-refractivity contribution in [3.05, 3.63) is 77.4 Å². The fourth-order valence-electron chi connectivity index (χ4n) is 3.51. The van der Waals surface area contributed by atoms with Gasteiger partial charge in [0.15, 0.2) is 9.84 Å². The lowest BCUT2D eigenvalue weighted by Crippen LogP contribution is -2.42. The Morgan fingerprint density at radius 2 is 1.60 bits per heavy atom. The Bertz CT molecular complexity index is 1090. The topological polar surface area (TPSA) is 90.0 Å². The van der Waals surface area contributed by atoms with Gasteiger partial charge in [-0.15, -0.1) is 0 Å². The average Bonchev–Trinajstić information content (AvgIpc) is 2.83. The van der Waals surface area contributed by atoms with Gasteiger partial charge in [-0.1, -0.05) is 73.4 Å². The Hall–Kier alpha value is -3.13. The first-order valence-electron chi connectivity index (χ1n) is 11.7. The molecule has 0 saturated carbocycles. The summed E-state index contributed by atoms with van der Waals surface area (Å²) in [5, 5.41) is 0. The van der Waals surface area contributed by atoms with Crippen LogP contribution in [-0.4, -0.2) is 50.9 Å². The molecule has 0 radical (unpaired) electrons. The van der Waals surface area contributed by atoms with Gasteiger partial charge in [0.25, 0.3) is 0 Å². The highest BCUT2D eigenvalue weighted by molar-refractivity contribution is 7.92. The molecule has 0 aliphatic rings. The van der Waals surface area contributed by atoms with Crippen molar-refractivity contribution in [2.24, 2.45) is 0 Å². The van der Waals surface area contributed by atoms with Gasteiger partial charge in [-0.2, -0.15) is 0 Å². The van der Waals surface area contributed by atoms with E-state index < -0.39 is 27.7 Å². The normalized spacial score (nSPS) is 12.3. The van der Waals surface area contributed by atoms with Crippen molar-refractivity contribution in [1.82, 2.24) is 4.90 Å². The Balaban J connectivity index is 2.33. The van der Waals surface area contributed by atoms with Crippen LogP contribution in [0, 0.1) is 13.8 Å². The number of sulfone groups is 1. The number of hydrogen-bond donors (Lipinski definition) is 0. The van der Waals surface area contributed by atoms with E-state index in [2.05, 4.69) is 11.7 Å². The average molecular weight is 502 g/mol. The van der Waals surface area contributed by atoms with Crippen LogP contribution in [0.1, 0.15) is 42.9 Å². The minimum atomic E-state index is -3.82. The van der Waals surface area contributed by atoms with Crippen LogP contribution in [0.2, 0.25) is 0 Å². The van der Waals surface area contributed by atoms with Crippen molar-refractivity contribution in [2.45, 2.75) is 57.5 Å². The fourth-order valence-corrected chi connectivity index (χ4v) is 4.72. The van der Waals surface area contributed by atoms with Gasteiger partial charge in [0.1, 0.15) is 12.4 Å². The third kappa shape index (κ3) is 9.20.